The Morgan fingerprint density at radius 1 is 1.29 bits per heavy atom. The molecular formula is C14H22N2O. The number of rotatable bonds is 7. The highest BCUT2D eigenvalue weighted by Crippen LogP contribution is 2.21. The fourth-order valence-electron chi connectivity index (χ4n) is 1.82. The molecule has 0 aliphatic rings. The number of hydrogen-bond donors (Lipinski definition) is 2. The van der Waals surface area contributed by atoms with Gasteiger partial charge in [-0.1, -0.05) is 44.4 Å². The summed E-state index contributed by atoms with van der Waals surface area (Å²) in [4.78, 5) is 11.6. The van der Waals surface area contributed by atoms with Gasteiger partial charge < -0.3 is 11.1 Å². The second-order valence-electron chi connectivity index (χ2n) is 4.64. The number of carbonyl (C=O) groups excluding carboxylic acids is 1. The molecule has 3 nitrogen and oxygen atoms in total. The summed E-state index contributed by atoms with van der Waals surface area (Å²) in [6.07, 6.45) is 4.04. The molecule has 94 valence electrons. The number of amides is 1. The second kappa shape index (κ2) is 6.28. The Labute approximate surface area is 103 Å². The van der Waals surface area contributed by atoms with Crippen LogP contribution in [-0.2, 0) is 4.79 Å². The Hall–Kier alpha value is -1.51. The van der Waals surface area contributed by atoms with Crippen LogP contribution in [0.2, 0.25) is 0 Å². The van der Waals surface area contributed by atoms with Gasteiger partial charge in [-0.15, -0.1) is 0 Å². The predicted octanol–water partition coefficient (Wildman–Crippen LogP) is 2.92. The molecule has 0 saturated carbocycles. The van der Waals surface area contributed by atoms with Crippen LogP contribution in [0.15, 0.2) is 30.3 Å². The minimum absolute atomic E-state index is 0.294. The van der Waals surface area contributed by atoms with E-state index in [0.29, 0.717) is 0 Å². The maximum atomic E-state index is 11.6. The van der Waals surface area contributed by atoms with Gasteiger partial charge in [-0.25, -0.2) is 0 Å². The number of benzene rings is 1. The summed E-state index contributed by atoms with van der Waals surface area (Å²) >= 11 is 0. The SMILES string of the molecule is CCCCCC(C)(Nc1ccccc1)C(N)=O. The normalized spacial score (nSPS) is 14.0. The maximum absolute atomic E-state index is 11.6. The maximum Gasteiger partial charge on any atom is 0.242 e. The molecule has 0 radical (unpaired) electrons. The molecule has 0 aromatic heterocycles. The van der Waals surface area contributed by atoms with Crippen LogP contribution in [0.25, 0.3) is 0 Å². The van der Waals surface area contributed by atoms with E-state index in [1.165, 1.54) is 0 Å². The van der Waals surface area contributed by atoms with E-state index in [2.05, 4.69) is 12.2 Å². The molecule has 0 spiro atoms. The van der Waals surface area contributed by atoms with Gasteiger partial charge >= 0.3 is 0 Å². The molecule has 1 rings (SSSR count). The molecule has 17 heavy (non-hydrogen) atoms. The van der Waals surface area contributed by atoms with E-state index in [4.69, 9.17) is 5.73 Å². The Morgan fingerprint density at radius 3 is 2.47 bits per heavy atom. The van der Waals surface area contributed by atoms with Gasteiger partial charge in [0.2, 0.25) is 5.91 Å². The van der Waals surface area contributed by atoms with Crippen molar-refractivity contribution in [2.45, 2.75) is 45.1 Å². The molecule has 0 bridgehead atoms. The van der Waals surface area contributed by atoms with E-state index in [1.54, 1.807) is 0 Å². The van der Waals surface area contributed by atoms with Gasteiger partial charge in [0, 0.05) is 5.69 Å². The summed E-state index contributed by atoms with van der Waals surface area (Å²) in [5, 5.41) is 3.24. The van der Waals surface area contributed by atoms with Crippen molar-refractivity contribution < 1.29 is 4.79 Å². The molecule has 1 aromatic carbocycles. The van der Waals surface area contributed by atoms with Crippen LogP contribution < -0.4 is 11.1 Å². The van der Waals surface area contributed by atoms with Crippen LogP contribution >= 0.6 is 0 Å². The lowest BCUT2D eigenvalue weighted by Gasteiger charge is -2.28. The lowest BCUT2D eigenvalue weighted by atomic mass is 9.93. The number of unbranched alkanes of at least 4 members (excludes halogenated alkanes) is 2. The van der Waals surface area contributed by atoms with Crippen molar-refractivity contribution in [3.05, 3.63) is 30.3 Å². The van der Waals surface area contributed by atoms with Gasteiger partial charge in [0.15, 0.2) is 0 Å². The van der Waals surface area contributed by atoms with Gasteiger partial charge in [0.25, 0.3) is 0 Å². The Bertz CT molecular complexity index is 350. The van der Waals surface area contributed by atoms with E-state index < -0.39 is 5.54 Å². The second-order valence-corrected chi connectivity index (χ2v) is 4.64. The third kappa shape index (κ3) is 4.10. The minimum Gasteiger partial charge on any atom is -0.371 e. The zero-order valence-corrected chi connectivity index (χ0v) is 10.7. The van der Waals surface area contributed by atoms with Crippen molar-refractivity contribution in [2.75, 3.05) is 5.32 Å². The molecule has 3 heteroatoms. The van der Waals surface area contributed by atoms with Crippen LogP contribution in [0.4, 0.5) is 5.69 Å². The standard InChI is InChI=1S/C14H22N2O/c1-3-4-8-11-14(2,13(15)17)16-12-9-6-5-7-10-12/h5-7,9-10,16H,3-4,8,11H2,1-2H3,(H2,15,17). The molecular weight excluding hydrogens is 212 g/mol. The van der Waals surface area contributed by atoms with Crippen LogP contribution in [0.1, 0.15) is 39.5 Å². The fourth-order valence-corrected chi connectivity index (χ4v) is 1.82. The van der Waals surface area contributed by atoms with E-state index in [-0.39, 0.29) is 5.91 Å². The molecule has 0 saturated heterocycles. The smallest absolute Gasteiger partial charge is 0.242 e. The number of primary amides is 1. The van der Waals surface area contributed by atoms with Gasteiger partial charge in [0.1, 0.15) is 5.54 Å². The minimum atomic E-state index is -0.656. The number of hydrogen-bond acceptors (Lipinski definition) is 2. The van der Waals surface area contributed by atoms with Gasteiger partial charge in [-0.05, 0) is 25.5 Å². The van der Waals surface area contributed by atoms with Crippen molar-refractivity contribution in [1.29, 1.82) is 0 Å². The van der Waals surface area contributed by atoms with Crippen LogP contribution in [0.5, 0.6) is 0 Å². The molecule has 0 heterocycles. The molecule has 3 N–H and O–H groups in total. The zero-order chi connectivity index (χ0) is 12.7. The molecule has 1 aromatic rings. The third-order valence-electron chi connectivity index (χ3n) is 3.02. The summed E-state index contributed by atoms with van der Waals surface area (Å²) in [5.74, 6) is -0.294. The largest absolute Gasteiger partial charge is 0.371 e. The van der Waals surface area contributed by atoms with Crippen molar-refractivity contribution in [2.24, 2.45) is 5.73 Å². The average molecular weight is 234 g/mol. The van der Waals surface area contributed by atoms with Crippen molar-refractivity contribution in [1.82, 2.24) is 0 Å². The van der Waals surface area contributed by atoms with Crippen LogP contribution in [-0.4, -0.2) is 11.4 Å². The van der Waals surface area contributed by atoms with Gasteiger partial charge in [-0.2, -0.15) is 0 Å². The molecule has 1 unspecified atom stereocenters. The quantitative estimate of drug-likeness (QED) is 0.713. The Balaban J connectivity index is 2.68. The number of para-hydroxylation sites is 1. The van der Waals surface area contributed by atoms with E-state index in [9.17, 15) is 4.79 Å². The number of nitrogens with two attached hydrogens (primary N) is 1. The topological polar surface area (TPSA) is 55.1 Å². The molecule has 0 aliphatic carbocycles. The fraction of sp³-hybridized carbons (Fsp3) is 0.500. The first-order valence-electron chi connectivity index (χ1n) is 6.21. The number of carbonyl (C=O) groups is 1. The van der Waals surface area contributed by atoms with Crippen LogP contribution in [0.3, 0.4) is 0 Å². The highest BCUT2D eigenvalue weighted by atomic mass is 16.1. The average Bonchev–Trinajstić information content (AvgIpc) is 2.30. The van der Waals surface area contributed by atoms with Crippen LogP contribution in [0, 0.1) is 0 Å². The first-order valence-corrected chi connectivity index (χ1v) is 6.21. The molecule has 1 amide bonds. The van der Waals surface area contributed by atoms with Crippen molar-refractivity contribution in [3.8, 4) is 0 Å². The Morgan fingerprint density at radius 2 is 1.94 bits per heavy atom. The summed E-state index contributed by atoms with van der Waals surface area (Å²) < 4.78 is 0. The highest BCUT2D eigenvalue weighted by Gasteiger charge is 2.29. The molecule has 0 fully saturated rings. The van der Waals surface area contributed by atoms with Crippen molar-refractivity contribution >= 4 is 11.6 Å². The van der Waals surface area contributed by atoms with Gasteiger partial charge in [-0.3, -0.25) is 4.79 Å². The Kier molecular flexibility index (Phi) is 5.01. The predicted molar refractivity (Wildman–Crippen MR) is 71.8 cm³/mol. The summed E-state index contributed by atoms with van der Waals surface area (Å²) in [7, 11) is 0. The molecule has 1 atom stereocenters. The summed E-state index contributed by atoms with van der Waals surface area (Å²) in [5.41, 5.74) is 5.78. The molecule has 0 aliphatic heterocycles. The summed E-state index contributed by atoms with van der Waals surface area (Å²) in [6, 6.07) is 9.72. The number of anilines is 1. The van der Waals surface area contributed by atoms with Crippen molar-refractivity contribution in [3.63, 3.8) is 0 Å². The monoisotopic (exact) mass is 234 g/mol. The highest BCUT2D eigenvalue weighted by molar-refractivity contribution is 5.87. The van der Waals surface area contributed by atoms with E-state index in [1.807, 2.05) is 37.3 Å². The van der Waals surface area contributed by atoms with E-state index in [0.717, 1.165) is 31.4 Å². The number of nitrogens with one attached hydrogen (secondary N) is 1. The lowest BCUT2D eigenvalue weighted by molar-refractivity contribution is -0.122. The van der Waals surface area contributed by atoms with Gasteiger partial charge in [0.05, 0.1) is 0 Å². The third-order valence-corrected chi connectivity index (χ3v) is 3.02. The lowest BCUT2D eigenvalue weighted by Crippen LogP contribution is -2.47. The first kappa shape index (κ1) is 13.6. The summed E-state index contributed by atoms with van der Waals surface area (Å²) in [6.45, 7) is 4.02. The van der Waals surface area contributed by atoms with E-state index >= 15 is 0 Å². The first-order chi connectivity index (χ1) is 8.08. The zero-order valence-electron chi connectivity index (χ0n) is 10.7.